The molecule has 0 saturated heterocycles. The average molecular weight is 230 g/mol. The van der Waals surface area contributed by atoms with Crippen molar-refractivity contribution in [2.24, 2.45) is 0 Å². The molecule has 0 aliphatic heterocycles. The smallest absolute Gasteiger partial charge is 0.504 e. The van der Waals surface area contributed by atoms with Crippen LogP contribution in [0.4, 0.5) is 9.59 Å². The fourth-order valence-electron chi connectivity index (χ4n) is 0.890. The van der Waals surface area contributed by atoms with Crippen LogP contribution in [0.5, 0.6) is 23.0 Å². The second-order valence-electron chi connectivity index (χ2n) is 2.52. The van der Waals surface area contributed by atoms with Gasteiger partial charge in [0.1, 0.15) is 0 Å². The second kappa shape index (κ2) is 4.26. The monoisotopic (exact) mass is 230 g/mol. The van der Waals surface area contributed by atoms with Crippen molar-refractivity contribution in [3.63, 3.8) is 0 Å². The molecule has 16 heavy (non-hydrogen) atoms. The molecule has 0 fully saturated rings. The summed E-state index contributed by atoms with van der Waals surface area (Å²) in [5, 5.41) is 34.9. The molecule has 1 aromatic rings. The molecule has 4 N–H and O–H groups in total. The van der Waals surface area contributed by atoms with Crippen molar-refractivity contribution in [1.29, 1.82) is 0 Å². The van der Waals surface area contributed by atoms with Gasteiger partial charge in [-0.2, -0.15) is 0 Å². The highest BCUT2D eigenvalue weighted by Gasteiger charge is 2.15. The summed E-state index contributed by atoms with van der Waals surface area (Å²) >= 11 is 0. The van der Waals surface area contributed by atoms with Gasteiger partial charge in [-0.05, 0) is 0 Å². The molecule has 0 saturated carbocycles. The van der Waals surface area contributed by atoms with Crippen LogP contribution in [0.25, 0.3) is 0 Å². The zero-order valence-electron chi connectivity index (χ0n) is 7.58. The SMILES string of the molecule is O=C(O)Oc1cc(OC(=O)O)c(O)cc1O. The van der Waals surface area contributed by atoms with Gasteiger partial charge in [0.2, 0.25) is 0 Å². The predicted octanol–water partition coefficient (Wildman–Crippen LogP) is 1.21. The molecule has 0 heterocycles. The van der Waals surface area contributed by atoms with Crippen molar-refractivity contribution in [1.82, 2.24) is 0 Å². The summed E-state index contributed by atoms with van der Waals surface area (Å²) in [5.41, 5.74) is 0. The van der Waals surface area contributed by atoms with Crippen LogP contribution in [0.1, 0.15) is 0 Å². The fraction of sp³-hybridized carbons (Fsp3) is 0. The molecule has 0 amide bonds. The van der Waals surface area contributed by atoms with Gasteiger partial charge in [-0.1, -0.05) is 0 Å². The Morgan fingerprint density at radius 3 is 1.56 bits per heavy atom. The number of carbonyl (C=O) groups is 2. The molecule has 86 valence electrons. The molecule has 0 radical (unpaired) electrons. The molecule has 0 aliphatic rings. The van der Waals surface area contributed by atoms with Crippen molar-refractivity contribution in [3.8, 4) is 23.0 Å². The first-order valence-electron chi connectivity index (χ1n) is 3.77. The molecule has 8 nitrogen and oxygen atoms in total. The molecule has 0 aromatic heterocycles. The third-order valence-corrected chi connectivity index (χ3v) is 1.44. The molecular formula is C8H6O8. The number of ether oxygens (including phenoxy) is 2. The van der Waals surface area contributed by atoms with Crippen LogP contribution in [-0.2, 0) is 0 Å². The fourth-order valence-corrected chi connectivity index (χ4v) is 0.890. The lowest BCUT2D eigenvalue weighted by Crippen LogP contribution is -2.06. The summed E-state index contributed by atoms with van der Waals surface area (Å²) < 4.78 is 8.21. The van der Waals surface area contributed by atoms with Gasteiger partial charge in [0, 0.05) is 12.1 Å². The van der Waals surface area contributed by atoms with Crippen LogP contribution in [-0.4, -0.2) is 32.7 Å². The third-order valence-electron chi connectivity index (χ3n) is 1.44. The van der Waals surface area contributed by atoms with E-state index in [9.17, 15) is 9.59 Å². The molecule has 1 aromatic carbocycles. The Bertz CT molecular complexity index is 401. The number of hydrogen-bond donors (Lipinski definition) is 4. The van der Waals surface area contributed by atoms with Crippen molar-refractivity contribution >= 4 is 12.3 Å². The first kappa shape index (κ1) is 11.4. The number of rotatable bonds is 2. The van der Waals surface area contributed by atoms with E-state index in [0.717, 1.165) is 6.07 Å². The van der Waals surface area contributed by atoms with Crippen molar-refractivity contribution in [2.75, 3.05) is 0 Å². The van der Waals surface area contributed by atoms with E-state index in [4.69, 9.17) is 20.4 Å². The average Bonchev–Trinajstić information content (AvgIpc) is 2.11. The lowest BCUT2D eigenvalue weighted by Gasteiger charge is -2.07. The number of carboxylic acid groups (broad SMARTS) is 2. The molecule has 1 rings (SSSR count). The van der Waals surface area contributed by atoms with Crippen LogP contribution in [0.3, 0.4) is 0 Å². The van der Waals surface area contributed by atoms with Crippen LogP contribution >= 0.6 is 0 Å². The molecule has 0 aliphatic carbocycles. The maximum absolute atomic E-state index is 10.2. The lowest BCUT2D eigenvalue weighted by molar-refractivity contribution is 0.140. The van der Waals surface area contributed by atoms with E-state index in [1.807, 2.05) is 0 Å². The minimum Gasteiger partial charge on any atom is -0.504 e. The first-order valence-corrected chi connectivity index (χ1v) is 3.77. The van der Waals surface area contributed by atoms with E-state index in [0.29, 0.717) is 6.07 Å². The highest BCUT2D eigenvalue weighted by atomic mass is 16.7. The number of phenolic OH excluding ortho intramolecular Hbond substituents is 2. The Morgan fingerprint density at radius 2 is 1.25 bits per heavy atom. The normalized spacial score (nSPS) is 9.50. The molecule has 0 bridgehead atoms. The van der Waals surface area contributed by atoms with Gasteiger partial charge in [0.05, 0.1) is 0 Å². The van der Waals surface area contributed by atoms with E-state index >= 15 is 0 Å². The van der Waals surface area contributed by atoms with Gasteiger partial charge >= 0.3 is 12.3 Å². The Balaban J connectivity index is 3.10. The van der Waals surface area contributed by atoms with Gasteiger partial charge < -0.3 is 29.9 Å². The summed E-state index contributed by atoms with van der Waals surface area (Å²) in [6, 6.07) is 1.42. The third kappa shape index (κ3) is 2.67. The highest BCUT2D eigenvalue weighted by Crippen LogP contribution is 2.38. The Kier molecular flexibility index (Phi) is 3.04. The van der Waals surface area contributed by atoms with Gasteiger partial charge in [-0.3, -0.25) is 0 Å². The van der Waals surface area contributed by atoms with Crippen molar-refractivity contribution in [3.05, 3.63) is 12.1 Å². The van der Waals surface area contributed by atoms with Crippen LogP contribution < -0.4 is 9.47 Å². The molecule has 0 spiro atoms. The quantitative estimate of drug-likeness (QED) is 0.440. The largest absolute Gasteiger partial charge is 0.511 e. The summed E-state index contributed by atoms with van der Waals surface area (Å²) in [4.78, 5) is 20.4. The van der Waals surface area contributed by atoms with Gasteiger partial charge in [0.15, 0.2) is 23.0 Å². The molecule has 0 atom stereocenters. The van der Waals surface area contributed by atoms with Gasteiger partial charge in [0.25, 0.3) is 0 Å². The predicted molar refractivity (Wildman–Crippen MR) is 47.1 cm³/mol. The summed E-state index contributed by atoms with van der Waals surface area (Å²) in [6.45, 7) is 0. The van der Waals surface area contributed by atoms with E-state index in [1.165, 1.54) is 0 Å². The zero-order valence-corrected chi connectivity index (χ0v) is 7.58. The maximum Gasteiger partial charge on any atom is 0.511 e. The Hall–Kier alpha value is -2.64. The topological polar surface area (TPSA) is 134 Å². The van der Waals surface area contributed by atoms with Crippen molar-refractivity contribution < 1.29 is 39.5 Å². The van der Waals surface area contributed by atoms with E-state index in [2.05, 4.69) is 9.47 Å². The van der Waals surface area contributed by atoms with Crippen LogP contribution in [0, 0.1) is 0 Å². The number of hydrogen-bond acceptors (Lipinski definition) is 6. The number of aromatic hydroxyl groups is 2. The van der Waals surface area contributed by atoms with Crippen LogP contribution in [0.2, 0.25) is 0 Å². The van der Waals surface area contributed by atoms with Gasteiger partial charge in [-0.25, -0.2) is 9.59 Å². The standard InChI is InChI=1S/C8H6O8/c9-3-1-4(10)6(16-8(13)14)2-5(3)15-7(11)12/h1-2,9-10H,(H,11,12)(H,13,14). The van der Waals surface area contributed by atoms with Gasteiger partial charge in [-0.15, -0.1) is 0 Å². The first-order chi connectivity index (χ1) is 7.40. The molecule has 0 unspecified atom stereocenters. The molecular weight excluding hydrogens is 224 g/mol. The zero-order chi connectivity index (χ0) is 12.3. The minimum absolute atomic E-state index is 0.554. The number of phenols is 2. The maximum atomic E-state index is 10.2. The Morgan fingerprint density at radius 1 is 0.875 bits per heavy atom. The Labute approximate surface area is 87.9 Å². The van der Waals surface area contributed by atoms with E-state index < -0.39 is 35.3 Å². The lowest BCUT2D eigenvalue weighted by atomic mass is 10.3. The van der Waals surface area contributed by atoms with Crippen LogP contribution in [0.15, 0.2) is 12.1 Å². The van der Waals surface area contributed by atoms with Crippen molar-refractivity contribution in [2.45, 2.75) is 0 Å². The minimum atomic E-state index is -1.71. The highest BCUT2D eigenvalue weighted by molar-refractivity contribution is 5.67. The molecule has 8 heteroatoms. The second-order valence-corrected chi connectivity index (χ2v) is 2.52. The summed E-state index contributed by atoms with van der Waals surface area (Å²) in [7, 11) is 0. The van der Waals surface area contributed by atoms with E-state index in [-0.39, 0.29) is 0 Å². The summed E-state index contributed by atoms with van der Waals surface area (Å²) in [6.07, 6.45) is -3.41. The number of benzene rings is 1. The van der Waals surface area contributed by atoms with E-state index in [1.54, 1.807) is 0 Å². The summed E-state index contributed by atoms with van der Waals surface area (Å²) in [5.74, 6) is -2.45.